The summed E-state index contributed by atoms with van der Waals surface area (Å²) >= 11 is 1.31. The molecule has 160 valence electrons. The van der Waals surface area contributed by atoms with Crippen molar-refractivity contribution >= 4 is 33.3 Å². The number of nitrogens with zero attached hydrogens (tertiary/aromatic N) is 2. The second-order valence-corrected chi connectivity index (χ2v) is 9.98. The van der Waals surface area contributed by atoms with Gasteiger partial charge < -0.3 is 9.64 Å². The lowest BCUT2D eigenvalue weighted by Crippen LogP contribution is -2.27. The predicted octanol–water partition coefficient (Wildman–Crippen LogP) is 1.99. The number of carbonyl (C=O) groups excluding carboxylic acids is 2. The maximum absolute atomic E-state index is 12.7. The lowest BCUT2D eigenvalue weighted by atomic mass is 10.3. The van der Waals surface area contributed by atoms with Gasteiger partial charge >= 0.3 is 6.03 Å². The van der Waals surface area contributed by atoms with E-state index in [1.54, 1.807) is 17.5 Å². The summed E-state index contributed by atoms with van der Waals surface area (Å²) < 4.78 is 33.8. The van der Waals surface area contributed by atoms with Gasteiger partial charge in [-0.3, -0.25) is 10.1 Å². The zero-order chi connectivity index (χ0) is 21.1. The maximum Gasteiger partial charge on any atom is 0.324 e. The van der Waals surface area contributed by atoms with Gasteiger partial charge in [0.1, 0.15) is 17.3 Å². The lowest BCUT2D eigenvalue weighted by Gasteiger charge is -2.14. The van der Waals surface area contributed by atoms with Crippen molar-refractivity contribution in [1.29, 1.82) is 0 Å². The van der Waals surface area contributed by atoms with Gasteiger partial charge in [0.15, 0.2) is 0 Å². The van der Waals surface area contributed by atoms with E-state index in [9.17, 15) is 18.0 Å². The monoisotopic (exact) mass is 450 g/mol. The molecule has 4 rings (SSSR count). The van der Waals surface area contributed by atoms with Crippen LogP contribution in [0.1, 0.15) is 36.4 Å². The number of ether oxygens (including phenoxy) is 1. The fraction of sp³-hybridized carbons (Fsp3) is 0.421. The highest BCUT2D eigenvalue weighted by Crippen LogP contribution is 2.25. The molecule has 3 amide bonds. The lowest BCUT2D eigenvalue weighted by molar-refractivity contribution is -0.118. The Morgan fingerprint density at radius 1 is 1.27 bits per heavy atom. The average molecular weight is 451 g/mol. The summed E-state index contributed by atoms with van der Waals surface area (Å²) in [5.41, 5.74) is 0.544. The minimum Gasteiger partial charge on any atom is -0.490 e. The van der Waals surface area contributed by atoms with Crippen LogP contribution in [0.15, 0.2) is 34.5 Å². The first-order valence-corrected chi connectivity index (χ1v) is 12.0. The molecular formula is C19H22N4O5S2. The molecule has 0 radical (unpaired) electrons. The first kappa shape index (κ1) is 20.8. The number of thiazole rings is 1. The predicted molar refractivity (Wildman–Crippen MR) is 109 cm³/mol. The van der Waals surface area contributed by atoms with Gasteiger partial charge in [0.25, 0.3) is 0 Å². The molecule has 2 heterocycles. The van der Waals surface area contributed by atoms with E-state index in [0.29, 0.717) is 16.5 Å². The van der Waals surface area contributed by atoms with Gasteiger partial charge in [0.2, 0.25) is 15.9 Å². The number of urea groups is 1. The Hall–Kier alpha value is -2.50. The number of carbonyl (C=O) groups is 2. The Labute approximate surface area is 178 Å². The normalized spacial score (nSPS) is 17.5. The third-order valence-electron chi connectivity index (χ3n) is 4.96. The Kier molecular flexibility index (Phi) is 6.02. The van der Waals surface area contributed by atoms with Crippen LogP contribution < -0.4 is 14.8 Å². The molecule has 0 spiro atoms. The molecule has 0 atom stereocenters. The van der Waals surface area contributed by atoms with Gasteiger partial charge in [0.05, 0.1) is 29.8 Å². The molecule has 1 saturated heterocycles. The van der Waals surface area contributed by atoms with Crippen molar-refractivity contribution in [3.8, 4) is 5.75 Å². The highest BCUT2D eigenvalue weighted by molar-refractivity contribution is 7.89. The molecule has 0 unspecified atom stereocenters. The molecule has 9 nitrogen and oxygen atoms in total. The van der Waals surface area contributed by atoms with Crippen molar-refractivity contribution < 1.29 is 22.7 Å². The van der Waals surface area contributed by atoms with Crippen LogP contribution in [0.3, 0.4) is 0 Å². The van der Waals surface area contributed by atoms with Crippen molar-refractivity contribution in [3.05, 3.63) is 40.3 Å². The zero-order valence-electron chi connectivity index (χ0n) is 16.2. The van der Waals surface area contributed by atoms with Crippen molar-refractivity contribution in [2.24, 2.45) is 0 Å². The number of hydrogen-bond acceptors (Lipinski definition) is 7. The summed E-state index contributed by atoms with van der Waals surface area (Å²) in [6.07, 6.45) is 4.41. The molecule has 1 aromatic heterocycles. The Balaban J connectivity index is 1.35. The SMILES string of the molecule is O=C1CN(Cc2nc(CNS(=O)(=O)c3cccc(OC4CCCC4)c3)cs2)C(=O)N1. The summed E-state index contributed by atoms with van der Waals surface area (Å²) in [6.45, 7) is 0.229. The molecule has 1 aromatic carbocycles. The Morgan fingerprint density at radius 2 is 2.07 bits per heavy atom. The van der Waals surface area contributed by atoms with Crippen molar-refractivity contribution in [2.45, 2.75) is 49.8 Å². The molecule has 2 fully saturated rings. The van der Waals surface area contributed by atoms with E-state index in [1.807, 2.05) is 0 Å². The molecular weight excluding hydrogens is 428 g/mol. The third-order valence-corrected chi connectivity index (χ3v) is 7.24. The number of benzene rings is 1. The van der Waals surface area contributed by atoms with E-state index in [2.05, 4.69) is 15.0 Å². The average Bonchev–Trinajstić information content (AvgIpc) is 3.44. The summed E-state index contributed by atoms with van der Waals surface area (Å²) in [4.78, 5) is 28.7. The van der Waals surface area contributed by atoms with Crippen LogP contribution in [-0.4, -0.2) is 42.9 Å². The summed E-state index contributed by atoms with van der Waals surface area (Å²) in [6, 6.07) is 6.05. The number of hydrogen-bond donors (Lipinski definition) is 2. The summed E-state index contributed by atoms with van der Waals surface area (Å²) in [7, 11) is -3.73. The van der Waals surface area contributed by atoms with E-state index in [1.165, 1.54) is 28.4 Å². The van der Waals surface area contributed by atoms with E-state index in [0.717, 1.165) is 25.7 Å². The number of sulfonamides is 1. The van der Waals surface area contributed by atoms with Gasteiger partial charge in [-0.25, -0.2) is 22.9 Å². The van der Waals surface area contributed by atoms with Gasteiger partial charge in [-0.15, -0.1) is 11.3 Å². The molecule has 2 aromatic rings. The van der Waals surface area contributed by atoms with Crippen molar-refractivity contribution in [2.75, 3.05) is 6.54 Å². The number of nitrogens with one attached hydrogen (secondary N) is 2. The molecule has 1 saturated carbocycles. The van der Waals surface area contributed by atoms with Gasteiger partial charge in [-0.2, -0.15) is 0 Å². The highest BCUT2D eigenvalue weighted by atomic mass is 32.2. The fourth-order valence-corrected chi connectivity index (χ4v) is 5.28. The van der Waals surface area contributed by atoms with Crippen LogP contribution in [0.25, 0.3) is 0 Å². The van der Waals surface area contributed by atoms with Crippen LogP contribution >= 0.6 is 11.3 Å². The van der Waals surface area contributed by atoms with E-state index in [4.69, 9.17) is 4.74 Å². The van der Waals surface area contributed by atoms with Gasteiger partial charge in [0, 0.05) is 11.4 Å². The van der Waals surface area contributed by atoms with Crippen LogP contribution in [0.5, 0.6) is 5.75 Å². The minimum absolute atomic E-state index is 0.000353. The molecule has 1 aliphatic carbocycles. The van der Waals surface area contributed by atoms with Crippen LogP contribution in [0.4, 0.5) is 4.79 Å². The topological polar surface area (TPSA) is 118 Å². The largest absolute Gasteiger partial charge is 0.490 e. The first-order chi connectivity index (χ1) is 14.4. The Morgan fingerprint density at radius 3 is 2.80 bits per heavy atom. The molecule has 2 N–H and O–H groups in total. The van der Waals surface area contributed by atoms with Gasteiger partial charge in [-0.1, -0.05) is 6.07 Å². The Bertz CT molecular complexity index is 1050. The van der Waals surface area contributed by atoms with Gasteiger partial charge in [-0.05, 0) is 37.8 Å². The summed E-state index contributed by atoms with van der Waals surface area (Å²) in [5.74, 6) is 0.211. The number of imide groups is 1. The van der Waals surface area contributed by atoms with Crippen LogP contribution in [0, 0.1) is 0 Å². The third kappa shape index (κ3) is 4.97. The number of amides is 3. The molecule has 11 heteroatoms. The van der Waals surface area contributed by atoms with E-state index >= 15 is 0 Å². The van der Waals surface area contributed by atoms with Crippen LogP contribution in [-0.2, 0) is 27.9 Å². The van der Waals surface area contributed by atoms with E-state index in [-0.39, 0.29) is 36.5 Å². The second-order valence-electron chi connectivity index (χ2n) is 7.27. The second kappa shape index (κ2) is 8.70. The quantitative estimate of drug-likeness (QED) is 0.594. The standard InChI is InChI=1S/C19H22N4O5S2/c24-17-10-23(19(25)22-17)11-18-21-13(12-29-18)9-20-30(26,27)16-7-3-6-15(8-16)28-14-4-1-2-5-14/h3,6-8,12,14,20H,1-2,4-5,9-11H2,(H,22,24,25). The first-order valence-electron chi connectivity index (χ1n) is 9.67. The fourth-order valence-electron chi connectivity index (χ4n) is 3.44. The molecule has 30 heavy (non-hydrogen) atoms. The number of rotatable bonds is 8. The smallest absolute Gasteiger partial charge is 0.324 e. The maximum atomic E-state index is 12.7. The summed E-state index contributed by atoms with van der Waals surface area (Å²) in [5, 5.41) is 4.56. The van der Waals surface area contributed by atoms with E-state index < -0.39 is 16.1 Å². The molecule has 1 aliphatic heterocycles. The molecule has 2 aliphatic rings. The highest BCUT2D eigenvalue weighted by Gasteiger charge is 2.27. The van der Waals surface area contributed by atoms with Crippen molar-refractivity contribution in [1.82, 2.24) is 19.9 Å². The molecule has 0 bridgehead atoms. The van der Waals surface area contributed by atoms with Crippen LogP contribution in [0.2, 0.25) is 0 Å². The zero-order valence-corrected chi connectivity index (χ0v) is 17.8. The van der Waals surface area contributed by atoms with Crippen molar-refractivity contribution in [3.63, 3.8) is 0 Å². The number of aromatic nitrogens is 1. The minimum atomic E-state index is -3.73.